The summed E-state index contributed by atoms with van der Waals surface area (Å²) < 4.78 is 0.828. The van der Waals surface area contributed by atoms with Crippen molar-refractivity contribution in [1.29, 1.82) is 0 Å². The van der Waals surface area contributed by atoms with Crippen LogP contribution in [0.25, 0.3) is 0 Å². The van der Waals surface area contributed by atoms with Gasteiger partial charge in [-0.15, -0.1) is 0 Å². The third-order valence-electron chi connectivity index (χ3n) is 5.61. The van der Waals surface area contributed by atoms with Crippen molar-refractivity contribution in [3.05, 3.63) is 64.2 Å². The second-order valence-corrected chi connectivity index (χ2v) is 9.56. The maximum Gasteiger partial charge on any atom is 0.235 e. The van der Waals surface area contributed by atoms with Crippen molar-refractivity contribution < 1.29 is 9.59 Å². The number of hydrogen-bond donors (Lipinski definition) is 1. The first-order chi connectivity index (χ1) is 14.2. The van der Waals surface area contributed by atoms with Gasteiger partial charge in [-0.25, -0.2) is 4.98 Å². The summed E-state index contributed by atoms with van der Waals surface area (Å²) >= 11 is 3.35. The maximum atomic E-state index is 13.4. The largest absolute Gasteiger partial charge is 0.310 e. The van der Waals surface area contributed by atoms with Crippen LogP contribution in [0.3, 0.4) is 0 Å². The standard InChI is InChI=1S/C23H23BrN4O2/c1-13-19(22(30)28-18-7-6-15(24)12-26-18)20(14-5-4-8-25-11-14)21-16(27-13)9-23(2,3)10-17(21)29/h4-8,11-12,19-20H,9-10H2,1-3H3,(H,26,28,30)/t19?,20-/m0/s1. The van der Waals surface area contributed by atoms with Crippen molar-refractivity contribution in [3.8, 4) is 0 Å². The number of aliphatic imine (C=N–C) groups is 1. The van der Waals surface area contributed by atoms with Crippen LogP contribution >= 0.6 is 15.9 Å². The molecular weight excluding hydrogens is 444 g/mol. The minimum absolute atomic E-state index is 0.0610. The van der Waals surface area contributed by atoms with Gasteiger partial charge in [0.15, 0.2) is 5.78 Å². The molecule has 30 heavy (non-hydrogen) atoms. The second kappa shape index (κ2) is 7.87. The fourth-order valence-electron chi connectivity index (χ4n) is 4.36. The van der Waals surface area contributed by atoms with E-state index in [1.165, 1.54) is 0 Å². The van der Waals surface area contributed by atoms with Gasteiger partial charge < -0.3 is 5.32 Å². The van der Waals surface area contributed by atoms with Crippen molar-refractivity contribution in [1.82, 2.24) is 9.97 Å². The molecule has 154 valence electrons. The minimum atomic E-state index is -0.608. The van der Waals surface area contributed by atoms with E-state index in [-0.39, 0.29) is 17.1 Å². The van der Waals surface area contributed by atoms with E-state index in [2.05, 4.69) is 45.1 Å². The highest BCUT2D eigenvalue weighted by atomic mass is 79.9. The van der Waals surface area contributed by atoms with Crippen LogP contribution in [-0.4, -0.2) is 27.4 Å². The van der Waals surface area contributed by atoms with Crippen LogP contribution in [0.1, 0.15) is 45.1 Å². The van der Waals surface area contributed by atoms with Crippen molar-refractivity contribution in [2.75, 3.05) is 5.32 Å². The fourth-order valence-corrected chi connectivity index (χ4v) is 4.59. The predicted molar refractivity (Wildman–Crippen MR) is 119 cm³/mol. The van der Waals surface area contributed by atoms with Crippen LogP contribution in [-0.2, 0) is 9.59 Å². The lowest BCUT2D eigenvalue weighted by atomic mass is 9.67. The van der Waals surface area contributed by atoms with Gasteiger partial charge in [-0.1, -0.05) is 19.9 Å². The maximum absolute atomic E-state index is 13.4. The number of pyridine rings is 2. The van der Waals surface area contributed by atoms with Gasteiger partial charge >= 0.3 is 0 Å². The monoisotopic (exact) mass is 466 g/mol. The molecule has 1 N–H and O–H groups in total. The number of nitrogens with zero attached hydrogens (tertiary/aromatic N) is 3. The number of ketones is 1. The van der Waals surface area contributed by atoms with E-state index in [4.69, 9.17) is 4.99 Å². The van der Waals surface area contributed by atoms with E-state index < -0.39 is 11.8 Å². The fraction of sp³-hybridized carbons (Fsp3) is 0.348. The normalized spacial score (nSPS) is 22.9. The molecule has 2 aliphatic rings. The molecule has 2 aromatic rings. The Morgan fingerprint density at radius 2 is 2.00 bits per heavy atom. The lowest BCUT2D eigenvalue weighted by molar-refractivity contribution is -0.119. The predicted octanol–water partition coefficient (Wildman–Crippen LogP) is 4.70. The van der Waals surface area contributed by atoms with E-state index in [1.807, 2.05) is 25.1 Å². The minimum Gasteiger partial charge on any atom is -0.310 e. The molecule has 4 rings (SSSR count). The van der Waals surface area contributed by atoms with Crippen LogP contribution < -0.4 is 5.32 Å². The SMILES string of the molecule is CC1=NC2=C(C(=O)CC(C)(C)C2)[C@@H](c2cccnc2)C1C(=O)Nc1ccc(Br)cn1. The summed E-state index contributed by atoms with van der Waals surface area (Å²) in [5.74, 6) is -0.736. The molecule has 0 spiro atoms. The third-order valence-corrected chi connectivity index (χ3v) is 6.08. The van der Waals surface area contributed by atoms with E-state index in [0.717, 1.165) is 15.7 Å². The molecule has 0 saturated carbocycles. The highest BCUT2D eigenvalue weighted by molar-refractivity contribution is 9.10. The van der Waals surface area contributed by atoms with Gasteiger partial charge in [0.2, 0.25) is 5.91 Å². The van der Waals surface area contributed by atoms with Gasteiger partial charge in [-0.2, -0.15) is 0 Å². The molecule has 3 heterocycles. The van der Waals surface area contributed by atoms with Gasteiger partial charge in [0.05, 0.1) is 5.92 Å². The first-order valence-corrected chi connectivity index (χ1v) is 10.7. The summed E-state index contributed by atoms with van der Waals surface area (Å²) in [4.78, 5) is 39.8. The molecule has 7 heteroatoms. The molecule has 0 fully saturated rings. The first-order valence-electron chi connectivity index (χ1n) is 9.89. The molecule has 2 atom stereocenters. The Hall–Kier alpha value is -2.67. The number of amides is 1. The van der Waals surface area contributed by atoms with E-state index in [1.54, 1.807) is 24.7 Å². The van der Waals surface area contributed by atoms with Gasteiger partial charge in [-0.05, 0) is 58.5 Å². The molecule has 1 aliphatic carbocycles. The van der Waals surface area contributed by atoms with Crippen molar-refractivity contribution in [3.63, 3.8) is 0 Å². The Labute approximate surface area is 184 Å². The van der Waals surface area contributed by atoms with E-state index >= 15 is 0 Å². The second-order valence-electron chi connectivity index (χ2n) is 8.65. The van der Waals surface area contributed by atoms with Gasteiger partial charge in [0.25, 0.3) is 0 Å². The van der Waals surface area contributed by atoms with Gasteiger partial charge in [0.1, 0.15) is 5.82 Å². The highest BCUT2D eigenvalue weighted by Gasteiger charge is 2.45. The molecule has 6 nitrogen and oxygen atoms in total. The average molecular weight is 467 g/mol. The Balaban J connectivity index is 1.77. The Bertz CT molecular complexity index is 1060. The van der Waals surface area contributed by atoms with E-state index in [0.29, 0.717) is 29.9 Å². The zero-order valence-electron chi connectivity index (χ0n) is 17.1. The highest BCUT2D eigenvalue weighted by Crippen LogP contribution is 2.47. The number of carbonyl (C=O) groups excluding carboxylic acids is 2. The molecule has 1 aliphatic heterocycles. The summed E-state index contributed by atoms with van der Waals surface area (Å²) in [5, 5.41) is 2.89. The molecule has 0 bridgehead atoms. The smallest absolute Gasteiger partial charge is 0.235 e. The number of Topliss-reactive ketones (excluding diaryl/α,β-unsaturated/α-hetero) is 1. The van der Waals surface area contributed by atoms with Crippen LogP contribution in [0.15, 0.2) is 63.6 Å². The molecule has 0 aromatic carbocycles. The lowest BCUT2D eigenvalue weighted by Gasteiger charge is -2.39. The van der Waals surface area contributed by atoms with Crippen LogP contribution in [0.4, 0.5) is 5.82 Å². The number of aromatic nitrogens is 2. The number of anilines is 1. The molecule has 1 amide bonds. The first kappa shape index (κ1) is 20.6. The van der Waals surface area contributed by atoms with Crippen LogP contribution in [0.5, 0.6) is 0 Å². The van der Waals surface area contributed by atoms with Crippen molar-refractivity contribution in [2.45, 2.75) is 39.5 Å². The Kier molecular flexibility index (Phi) is 5.40. The Morgan fingerprint density at radius 1 is 1.20 bits per heavy atom. The lowest BCUT2D eigenvalue weighted by Crippen LogP contribution is -2.41. The number of nitrogens with one attached hydrogen (secondary N) is 1. The summed E-state index contributed by atoms with van der Waals surface area (Å²) in [6.45, 7) is 6.02. The summed E-state index contributed by atoms with van der Waals surface area (Å²) in [6.07, 6.45) is 6.21. The topological polar surface area (TPSA) is 84.3 Å². The summed E-state index contributed by atoms with van der Waals surface area (Å²) in [6, 6.07) is 7.30. The quantitative estimate of drug-likeness (QED) is 0.710. The summed E-state index contributed by atoms with van der Waals surface area (Å²) in [7, 11) is 0. The number of hydrogen-bond acceptors (Lipinski definition) is 5. The number of allylic oxidation sites excluding steroid dienone is 2. The number of halogens is 1. The summed E-state index contributed by atoms with van der Waals surface area (Å²) in [5.41, 5.74) is 2.85. The number of carbonyl (C=O) groups is 2. The van der Waals surface area contributed by atoms with Gasteiger partial charge in [-0.3, -0.25) is 19.6 Å². The molecular formula is C23H23BrN4O2. The molecule has 0 radical (unpaired) electrons. The van der Waals surface area contributed by atoms with Gasteiger partial charge in [0, 0.05) is 52.4 Å². The average Bonchev–Trinajstić information content (AvgIpc) is 2.68. The number of rotatable bonds is 3. The van der Waals surface area contributed by atoms with Crippen molar-refractivity contribution >= 4 is 39.1 Å². The zero-order valence-corrected chi connectivity index (χ0v) is 18.7. The Morgan fingerprint density at radius 3 is 2.67 bits per heavy atom. The molecule has 2 aromatic heterocycles. The van der Waals surface area contributed by atoms with Crippen LogP contribution in [0, 0.1) is 11.3 Å². The van der Waals surface area contributed by atoms with Crippen LogP contribution in [0.2, 0.25) is 0 Å². The van der Waals surface area contributed by atoms with E-state index in [9.17, 15) is 9.59 Å². The van der Waals surface area contributed by atoms with Crippen molar-refractivity contribution in [2.24, 2.45) is 16.3 Å². The zero-order chi connectivity index (χ0) is 21.5. The molecule has 0 saturated heterocycles. The molecule has 1 unspecified atom stereocenters. The third kappa shape index (κ3) is 3.99.